The van der Waals surface area contributed by atoms with Gasteiger partial charge in [0.15, 0.2) is 0 Å². The van der Waals surface area contributed by atoms with Gasteiger partial charge in [0, 0.05) is 5.56 Å². The van der Waals surface area contributed by atoms with Crippen LogP contribution in [-0.4, -0.2) is 10.3 Å². The molecule has 0 aliphatic heterocycles. The van der Waals surface area contributed by atoms with Crippen LogP contribution in [0.15, 0.2) is 53.2 Å². The largest absolute Gasteiger partial charge is 0.243 e. The minimum Gasteiger partial charge on any atom is -0.243 e. The predicted octanol–water partition coefficient (Wildman–Crippen LogP) is 2.89. The smallest absolute Gasteiger partial charge is 0.143 e. The summed E-state index contributed by atoms with van der Waals surface area (Å²) < 4.78 is 4.73. The van der Waals surface area contributed by atoms with Crippen molar-refractivity contribution < 1.29 is 4.63 Å². The Morgan fingerprint density at radius 2 is 1.67 bits per heavy atom. The molecule has 3 rings (SSSR count). The van der Waals surface area contributed by atoms with E-state index in [1.54, 1.807) is 0 Å². The van der Waals surface area contributed by atoms with E-state index in [-0.39, 0.29) is 0 Å². The Morgan fingerprint density at radius 3 is 2.53 bits per heavy atom. The summed E-state index contributed by atoms with van der Waals surface area (Å²) >= 11 is 0. The highest BCUT2D eigenvalue weighted by Gasteiger charge is 2.06. The van der Waals surface area contributed by atoms with E-state index < -0.39 is 0 Å². The van der Waals surface area contributed by atoms with E-state index in [1.807, 2.05) is 48.5 Å². The molecule has 0 aliphatic rings. The van der Waals surface area contributed by atoms with E-state index in [0.717, 1.165) is 22.2 Å². The van der Waals surface area contributed by atoms with Gasteiger partial charge < -0.3 is 0 Å². The van der Waals surface area contributed by atoms with Crippen molar-refractivity contribution in [2.75, 3.05) is 0 Å². The monoisotopic (exact) mass is 196 g/mol. The summed E-state index contributed by atoms with van der Waals surface area (Å²) in [7, 11) is 0. The van der Waals surface area contributed by atoms with Gasteiger partial charge in [0.05, 0.1) is 0 Å². The molecule has 0 atom stereocenters. The van der Waals surface area contributed by atoms with Crippen molar-refractivity contribution in [2.45, 2.75) is 0 Å². The van der Waals surface area contributed by atoms with E-state index in [4.69, 9.17) is 4.63 Å². The van der Waals surface area contributed by atoms with Crippen molar-refractivity contribution in [1.82, 2.24) is 10.3 Å². The lowest BCUT2D eigenvalue weighted by molar-refractivity contribution is 0.315. The van der Waals surface area contributed by atoms with Gasteiger partial charge in [-0.2, -0.15) is 0 Å². The van der Waals surface area contributed by atoms with Gasteiger partial charge in [-0.05, 0) is 21.9 Å². The van der Waals surface area contributed by atoms with Crippen molar-refractivity contribution in [3.63, 3.8) is 0 Å². The predicted molar refractivity (Wildman–Crippen MR) is 57.2 cm³/mol. The highest BCUT2D eigenvalue weighted by molar-refractivity contribution is 5.90. The Morgan fingerprint density at radius 1 is 0.800 bits per heavy atom. The first-order chi connectivity index (χ1) is 7.45. The molecule has 0 saturated heterocycles. The van der Waals surface area contributed by atoms with Crippen LogP contribution >= 0.6 is 0 Å². The van der Waals surface area contributed by atoms with Crippen LogP contribution in [0.2, 0.25) is 0 Å². The zero-order valence-corrected chi connectivity index (χ0v) is 7.92. The van der Waals surface area contributed by atoms with E-state index in [1.165, 1.54) is 0 Å². The molecule has 0 aliphatic carbocycles. The van der Waals surface area contributed by atoms with Crippen LogP contribution < -0.4 is 0 Å². The summed E-state index contributed by atoms with van der Waals surface area (Å²) in [5.41, 5.74) is 3.77. The van der Waals surface area contributed by atoms with Gasteiger partial charge in [0.1, 0.15) is 11.0 Å². The molecule has 3 nitrogen and oxygen atoms in total. The molecule has 0 N–H and O–H groups in total. The van der Waals surface area contributed by atoms with Crippen molar-refractivity contribution in [1.29, 1.82) is 0 Å². The van der Waals surface area contributed by atoms with E-state index in [2.05, 4.69) is 10.3 Å². The molecule has 0 fully saturated rings. The second kappa shape index (κ2) is 3.20. The summed E-state index contributed by atoms with van der Waals surface area (Å²) in [5.74, 6) is 0. The van der Waals surface area contributed by atoms with Gasteiger partial charge in [-0.3, -0.25) is 0 Å². The summed E-state index contributed by atoms with van der Waals surface area (Å²) in [5, 5.41) is 7.73. The van der Waals surface area contributed by atoms with Gasteiger partial charge in [-0.25, -0.2) is 4.63 Å². The molecule has 3 heteroatoms. The lowest BCUT2D eigenvalue weighted by Crippen LogP contribution is -1.79. The van der Waals surface area contributed by atoms with Gasteiger partial charge in [-0.1, -0.05) is 42.5 Å². The number of aromatic nitrogens is 2. The highest BCUT2D eigenvalue weighted by atomic mass is 16.6. The van der Waals surface area contributed by atoms with Crippen LogP contribution in [0, 0.1) is 0 Å². The third kappa shape index (κ3) is 1.29. The fourth-order valence-corrected chi connectivity index (χ4v) is 1.66. The number of fused-ring (bicyclic) bond motifs is 1. The Kier molecular flexibility index (Phi) is 1.75. The maximum Gasteiger partial charge on any atom is 0.143 e. The van der Waals surface area contributed by atoms with E-state index in [9.17, 15) is 0 Å². The topological polar surface area (TPSA) is 38.9 Å². The third-order valence-electron chi connectivity index (χ3n) is 2.37. The maximum absolute atomic E-state index is 4.73. The molecule has 3 aromatic rings. The van der Waals surface area contributed by atoms with Crippen molar-refractivity contribution in [3.8, 4) is 11.1 Å². The first-order valence-corrected chi connectivity index (χ1v) is 4.72. The highest BCUT2D eigenvalue weighted by Crippen LogP contribution is 2.25. The number of rotatable bonds is 1. The van der Waals surface area contributed by atoms with Crippen molar-refractivity contribution in [2.24, 2.45) is 0 Å². The number of benzene rings is 2. The van der Waals surface area contributed by atoms with Crippen molar-refractivity contribution >= 4 is 11.0 Å². The SMILES string of the molecule is c1ccc(-c2cccc3nonc23)cc1. The van der Waals surface area contributed by atoms with Crippen LogP contribution in [0.5, 0.6) is 0 Å². The lowest BCUT2D eigenvalue weighted by Gasteiger charge is -1.99. The number of hydrogen-bond donors (Lipinski definition) is 0. The zero-order chi connectivity index (χ0) is 10.1. The molecule has 1 heterocycles. The Balaban J connectivity index is 2.31. The minimum atomic E-state index is 0.788. The fourth-order valence-electron chi connectivity index (χ4n) is 1.66. The van der Waals surface area contributed by atoms with Gasteiger partial charge in [0.25, 0.3) is 0 Å². The average Bonchev–Trinajstić information content (AvgIpc) is 2.78. The quantitative estimate of drug-likeness (QED) is 0.600. The molecule has 72 valence electrons. The number of hydrogen-bond acceptors (Lipinski definition) is 3. The molecule has 0 unspecified atom stereocenters. The fraction of sp³-hybridized carbons (Fsp3) is 0. The summed E-state index contributed by atoms with van der Waals surface area (Å²) in [4.78, 5) is 0. The van der Waals surface area contributed by atoms with Crippen molar-refractivity contribution in [3.05, 3.63) is 48.5 Å². The molecule has 0 bridgehead atoms. The van der Waals surface area contributed by atoms with Crippen LogP contribution in [0.25, 0.3) is 22.2 Å². The lowest BCUT2D eigenvalue weighted by atomic mass is 10.0. The summed E-state index contributed by atoms with van der Waals surface area (Å²) in [6.07, 6.45) is 0. The zero-order valence-electron chi connectivity index (χ0n) is 7.92. The van der Waals surface area contributed by atoms with Gasteiger partial charge in [0.2, 0.25) is 0 Å². The van der Waals surface area contributed by atoms with Crippen LogP contribution in [0.3, 0.4) is 0 Å². The number of nitrogens with zero attached hydrogens (tertiary/aromatic N) is 2. The Labute approximate surface area is 86.3 Å². The molecule has 0 saturated carbocycles. The second-order valence-corrected chi connectivity index (χ2v) is 3.30. The molecule has 0 radical (unpaired) electrons. The second-order valence-electron chi connectivity index (χ2n) is 3.30. The molecule has 1 aromatic heterocycles. The van der Waals surface area contributed by atoms with E-state index in [0.29, 0.717) is 0 Å². The molecule has 15 heavy (non-hydrogen) atoms. The van der Waals surface area contributed by atoms with Crippen LogP contribution in [0.4, 0.5) is 0 Å². The molecular formula is C12H8N2O. The van der Waals surface area contributed by atoms with Crippen LogP contribution in [0.1, 0.15) is 0 Å². The Bertz CT molecular complexity index is 587. The summed E-state index contributed by atoms with van der Waals surface area (Å²) in [6, 6.07) is 15.9. The van der Waals surface area contributed by atoms with Gasteiger partial charge >= 0.3 is 0 Å². The van der Waals surface area contributed by atoms with E-state index >= 15 is 0 Å². The van der Waals surface area contributed by atoms with Crippen LogP contribution in [-0.2, 0) is 0 Å². The average molecular weight is 196 g/mol. The molecule has 0 spiro atoms. The maximum atomic E-state index is 4.73. The molecule has 2 aromatic carbocycles. The Hall–Kier alpha value is -2.16. The molecule has 0 amide bonds. The first kappa shape index (κ1) is 8.17. The first-order valence-electron chi connectivity index (χ1n) is 4.72. The summed E-state index contributed by atoms with van der Waals surface area (Å²) in [6.45, 7) is 0. The third-order valence-corrected chi connectivity index (χ3v) is 2.37. The normalized spacial score (nSPS) is 10.7. The van der Waals surface area contributed by atoms with Gasteiger partial charge in [-0.15, -0.1) is 0 Å². The minimum absolute atomic E-state index is 0.788. The molecular weight excluding hydrogens is 188 g/mol. The standard InChI is InChI=1S/C12H8N2O/c1-2-5-9(6-3-1)10-7-4-8-11-12(10)14-15-13-11/h1-8H.